The Kier molecular flexibility index (Phi) is 4.22. The van der Waals surface area contributed by atoms with Gasteiger partial charge in [0.05, 0.1) is 0 Å². The second kappa shape index (κ2) is 5.44. The number of nitrogens with zero attached hydrogens (tertiary/aromatic N) is 2. The van der Waals surface area contributed by atoms with Crippen LogP contribution in [0.3, 0.4) is 0 Å². The smallest absolute Gasteiger partial charge is 0.354 e. The van der Waals surface area contributed by atoms with Crippen LogP contribution in [0.5, 0.6) is 0 Å². The van der Waals surface area contributed by atoms with Crippen LogP contribution in [0.1, 0.15) is 37.7 Å². The number of aromatic nitrogens is 2. The maximum absolute atomic E-state index is 10.7. The molecule has 16 heavy (non-hydrogen) atoms. The second-order valence-electron chi connectivity index (χ2n) is 3.97. The zero-order chi connectivity index (χ0) is 12.1. The maximum atomic E-state index is 10.7. The van der Waals surface area contributed by atoms with Gasteiger partial charge in [-0.05, 0) is 18.4 Å². The molecule has 0 amide bonds. The highest BCUT2D eigenvalue weighted by atomic mass is 16.4. The molecule has 0 aromatic carbocycles. The van der Waals surface area contributed by atoms with Gasteiger partial charge in [0, 0.05) is 12.2 Å². The number of anilines is 1. The van der Waals surface area contributed by atoms with Crippen LogP contribution in [0.4, 0.5) is 5.95 Å². The predicted molar refractivity (Wildman–Crippen MR) is 61.5 cm³/mol. The molecule has 5 heteroatoms. The van der Waals surface area contributed by atoms with E-state index in [4.69, 9.17) is 5.11 Å². The summed E-state index contributed by atoms with van der Waals surface area (Å²) in [4.78, 5) is 18.7. The molecule has 0 aliphatic carbocycles. The molecule has 1 rings (SSSR count). The lowest BCUT2D eigenvalue weighted by Crippen LogP contribution is -2.26. The van der Waals surface area contributed by atoms with Crippen molar-refractivity contribution >= 4 is 11.9 Å². The first-order chi connectivity index (χ1) is 7.54. The van der Waals surface area contributed by atoms with Gasteiger partial charge in [-0.25, -0.2) is 14.8 Å². The normalized spacial score (nSPS) is 12.5. The molecular weight excluding hydrogens is 206 g/mol. The lowest BCUT2D eigenvalue weighted by molar-refractivity contribution is 0.0690. The highest BCUT2D eigenvalue weighted by Gasteiger charge is 2.13. The molecule has 1 heterocycles. The summed E-state index contributed by atoms with van der Waals surface area (Å²) in [5, 5.41) is 11.9. The monoisotopic (exact) mass is 223 g/mol. The molecule has 0 aliphatic heterocycles. The van der Waals surface area contributed by atoms with E-state index in [1.165, 1.54) is 12.3 Å². The number of carbonyl (C=O) groups is 1. The van der Waals surface area contributed by atoms with Crippen molar-refractivity contribution in [3.05, 3.63) is 18.0 Å². The van der Waals surface area contributed by atoms with Gasteiger partial charge in [-0.1, -0.05) is 20.8 Å². The Bertz CT molecular complexity index is 366. The molecule has 1 atom stereocenters. The van der Waals surface area contributed by atoms with Gasteiger partial charge < -0.3 is 10.4 Å². The van der Waals surface area contributed by atoms with Gasteiger partial charge in [0.2, 0.25) is 5.95 Å². The van der Waals surface area contributed by atoms with Crippen LogP contribution in [0.25, 0.3) is 0 Å². The van der Waals surface area contributed by atoms with Crippen LogP contribution in [0.15, 0.2) is 12.3 Å². The molecule has 88 valence electrons. The highest BCUT2D eigenvalue weighted by molar-refractivity contribution is 5.85. The third-order valence-corrected chi connectivity index (χ3v) is 2.43. The molecule has 0 fully saturated rings. The van der Waals surface area contributed by atoms with Crippen molar-refractivity contribution in [2.45, 2.75) is 33.2 Å². The molecule has 0 saturated carbocycles. The Morgan fingerprint density at radius 3 is 2.75 bits per heavy atom. The SMILES string of the molecule is CCC(Nc1nccc(C(=O)O)n1)C(C)C. The summed E-state index contributed by atoms with van der Waals surface area (Å²) in [5.74, 6) is -0.217. The Balaban J connectivity index is 2.80. The van der Waals surface area contributed by atoms with Crippen LogP contribution in [-0.2, 0) is 0 Å². The fraction of sp³-hybridized carbons (Fsp3) is 0.545. The molecule has 1 aromatic heterocycles. The highest BCUT2D eigenvalue weighted by Crippen LogP contribution is 2.11. The van der Waals surface area contributed by atoms with Gasteiger partial charge in [-0.15, -0.1) is 0 Å². The van der Waals surface area contributed by atoms with E-state index in [1.807, 2.05) is 0 Å². The standard InChI is InChI=1S/C11H17N3O2/c1-4-8(7(2)3)13-11-12-6-5-9(14-11)10(15)16/h5-8H,4H2,1-3H3,(H,15,16)(H,12,13,14). The third-order valence-electron chi connectivity index (χ3n) is 2.43. The molecule has 0 saturated heterocycles. The van der Waals surface area contributed by atoms with Gasteiger partial charge in [0.25, 0.3) is 0 Å². The van der Waals surface area contributed by atoms with E-state index in [9.17, 15) is 4.79 Å². The summed E-state index contributed by atoms with van der Waals surface area (Å²) in [5.41, 5.74) is 0.0103. The first-order valence-electron chi connectivity index (χ1n) is 5.37. The molecular formula is C11H17N3O2. The lowest BCUT2D eigenvalue weighted by Gasteiger charge is -2.20. The average molecular weight is 223 g/mol. The van der Waals surface area contributed by atoms with Crippen LogP contribution in [0.2, 0.25) is 0 Å². The van der Waals surface area contributed by atoms with E-state index >= 15 is 0 Å². The van der Waals surface area contributed by atoms with Gasteiger partial charge in [0.15, 0.2) is 5.69 Å². The molecule has 1 aromatic rings. The summed E-state index contributed by atoms with van der Waals surface area (Å²) in [6.07, 6.45) is 2.39. The number of hydrogen-bond donors (Lipinski definition) is 2. The Morgan fingerprint density at radius 1 is 1.56 bits per heavy atom. The van der Waals surface area contributed by atoms with E-state index in [2.05, 4.69) is 36.1 Å². The Labute approximate surface area is 94.9 Å². The molecule has 0 radical (unpaired) electrons. The maximum Gasteiger partial charge on any atom is 0.354 e. The van der Waals surface area contributed by atoms with Crippen molar-refractivity contribution in [2.75, 3.05) is 5.32 Å². The van der Waals surface area contributed by atoms with Crippen molar-refractivity contribution < 1.29 is 9.90 Å². The fourth-order valence-electron chi connectivity index (χ4n) is 1.45. The molecule has 0 bridgehead atoms. The zero-order valence-electron chi connectivity index (χ0n) is 9.77. The number of hydrogen-bond acceptors (Lipinski definition) is 4. The van der Waals surface area contributed by atoms with Crippen LogP contribution in [-0.4, -0.2) is 27.1 Å². The molecule has 0 aliphatic rings. The van der Waals surface area contributed by atoms with Gasteiger partial charge >= 0.3 is 5.97 Å². The predicted octanol–water partition coefficient (Wildman–Crippen LogP) is 2.02. The Hall–Kier alpha value is -1.65. The average Bonchev–Trinajstić information content (AvgIpc) is 2.25. The topological polar surface area (TPSA) is 75.1 Å². The summed E-state index contributed by atoms with van der Waals surface area (Å²) < 4.78 is 0. The number of carboxylic acid groups (broad SMARTS) is 1. The van der Waals surface area contributed by atoms with Crippen LogP contribution >= 0.6 is 0 Å². The number of aromatic carboxylic acids is 1. The summed E-state index contributed by atoms with van der Waals surface area (Å²) in [6, 6.07) is 1.63. The fourth-order valence-corrected chi connectivity index (χ4v) is 1.45. The summed E-state index contributed by atoms with van der Waals surface area (Å²) in [6.45, 7) is 6.27. The molecule has 0 spiro atoms. The molecule has 5 nitrogen and oxygen atoms in total. The van der Waals surface area contributed by atoms with Gasteiger partial charge in [-0.3, -0.25) is 0 Å². The minimum atomic E-state index is -1.04. The zero-order valence-corrected chi connectivity index (χ0v) is 9.77. The Morgan fingerprint density at radius 2 is 2.25 bits per heavy atom. The number of nitrogens with one attached hydrogen (secondary N) is 1. The minimum Gasteiger partial charge on any atom is -0.477 e. The van der Waals surface area contributed by atoms with Crippen molar-refractivity contribution in [1.82, 2.24) is 9.97 Å². The van der Waals surface area contributed by atoms with E-state index in [0.29, 0.717) is 11.9 Å². The summed E-state index contributed by atoms with van der Waals surface area (Å²) >= 11 is 0. The minimum absolute atomic E-state index is 0.0103. The second-order valence-corrected chi connectivity index (χ2v) is 3.97. The van der Waals surface area contributed by atoms with Crippen molar-refractivity contribution in [3.8, 4) is 0 Å². The number of rotatable bonds is 5. The van der Waals surface area contributed by atoms with Crippen molar-refractivity contribution in [3.63, 3.8) is 0 Å². The van der Waals surface area contributed by atoms with E-state index in [1.54, 1.807) is 0 Å². The first kappa shape index (κ1) is 12.4. The van der Waals surface area contributed by atoms with Gasteiger partial charge in [-0.2, -0.15) is 0 Å². The van der Waals surface area contributed by atoms with E-state index in [0.717, 1.165) is 6.42 Å². The largest absolute Gasteiger partial charge is 0.477 e. The van der Waals surface area contributed by atoms with Crippen molar-refractivity contribution in [1.29, 1.82) is 0 Å². The van der Waals surface area contributed by atoms with Crippen LogP contribution in [0, 0.1) is 5.92 Å². The quantitative estimate of drug-likeness (QED) is 0.798. The molecule has 2 N–H and O–H groups in total. The van der Waals surface area contributed by atoms with Gasteiger partial charge in [0.1, 0.15) is 0 Å². The third kappa shape index (κ3) is 3.18. The lowest BCUT2D eigenvalue weighted by atomic mass is 10.0. The summed E-state index contributed by atoms with van der Waals surface area (Å²) in [7, 11) is 0. The van der Waals surface area contributed by atoms with E-state index in [-0.39, 0.29) is 11.7 Å². The van der Waals surface area contributed by atoms with Crippen molar-refractivity contribution in [2.24, 2.45) is 5.92 Å². The van der Waals surface area contributed by atoms with E-state index < -0.39 is 5.97 Å². The molecule has 1 unspecified atom stereocenters. The first-order valence-corrected chi connectivity index (χ1v) is 5.37. The van der Waals surface area contributed by atoms with Crippen LogP contribution < -0.4 is 5.32 Å². The number of carboxylic acids is 1.